The van der Waals surface area contributed by atoms with Crippen molar-refractivity contribution in [2.45, 2.75) is 52.9 Å². The molecule has 3 aromatic heterocycles. The largest absolute Gasteiger partial charge is 0.381 e. The lowest BCUT2D eigenvalue weighted by Gasteiger charge is -2.31. The van der Waals surface area contributed by atoms with Gasteiger partial charge < -0.3 is 14.5 Å². The molecule has 1 saturated carbocycles. The van der Waals surface area contributed by atoms with E-state index in [9.17, 15) is 0 Å². The molecule has 0 atom stereocenters. The van der Waals surface area contributed by atoms with Crippen molar-refractivity contribution in [1.82, 2.24) is 14.6 Å². The maximum Gasteiger partial charge on any atom is 0.128 e. The molecular formula is C28H39N5O. The highest BCUT2D eigenvalue weighted by Gasteiger charge is 2.30. The molecule has 0 radical (unpaired) electrons. The highest BCUT2D eigenvalue weighted by atomic mass is 16.5. The normalized spacial score (nSPS) is 16.9. The van der Waals surface area contributed by atoms with E-state index in [2.05, 4.69) is 59.4 Å². The van der Waals surface area contributed by atoms with Crippen LogP contribution in [0.3, 0.4) is 0 Å². The zero-order chi connectivity index (χ0) is 23.8. The summed E-state index contributed by atoms with van der Waals surface area (Å²) in [6.45, 7) is 10.6. The number of pyridine rings is 2. The fourth-order valence-electron chi connectivity index (χ4n) is 5.41. The molecular weight excluding hydrogens is 422 g/mol. The number of hydrogen-bond acceptors (Lipinski definition) is 5. The summed E-state index contributed by atoms with van der Waals surface area (Å²) in [6, 6.07) is 8.81. The van der Waals surface area contributed by atoms with Gasteiger partial charge in [-0.1, -0.05) is 13.0 Å². The molecule has 1 aliphatic carbocycles. The van der Waals surface area contributed by atoms with Gasteiger partial charge in [0.1, 0.15) is 5.82 Å². The van der Waals surface area contributed by atoms with Crippen molar-refractivity contribution in [1.29, 1.82) is 0 Å². The van der Waals surface area contributed by atoms with Crippen LogP contribution in [0, 0.1) is 25.7 Å². The minimum absolute atomic E-state index is 0.697. The minimum Gasteiger partial charge on any atom is -0.381 e. The van der Waals surface area contributed by atoms with E-state index in [-0.39, 0.29) is 0 Å². The first-order valence-electron chi connectivity index (χ1n) is 13.0. The lowest BCUT2D eigenvalue weighted by Crippen LogP contribution is -2.34. The molecule has 0 unspecified atom stereocenters. The molecule has 6 heteroatoms. The second-order valence-corrected chi connectivity index (χ2v) is 10.4. The van der Waals surface area contributed by atoms with Crippen LogP contribution in [0.25, 0.3) is 16.8 Å². The second kappa shape index (κ2) is 9.57. The van der Waals surface area contributed by atoms with Gasteiger partial charge >= 0.3 is 0 Å². The van der Waals surface area contributed by atoms with Gasteiger partial charge in [-0.15, -0.1) is 0 Å². The Morgan fingerprint density at radius 1 is 1.03 bits per heavy atom. The molecule has 6 nitrogen and oxygen atoms in total. The molecule has 1 aliphatic heterocycles. The summed E-state index contributed by atoms with van der Waals surface area (Å²) >= 11 is 0. The predicted molar refractivity (Wildman–Crippen MR) is 140 cm³/mol. The van der Waals surface area contributed by atoms with Crippen molar-refractivity contribution < 1.29 is 4.74 Å². The maximum atomic E-state index is 5.65. The number of ether oxygens (including phenoxy) is 1. The van der Waals surface area contributed by atoms with Gasteiger partial charge in [-0.3, -0.25) is 0 Å². The van der Waals surface area contributed by atoms with Crippen molar-refractivity contribution in [3.8, 4) is 11.3 Å². The Hall–Kier alpha value is -2.60. The lowest BCUT2D eigenvalue weighted by atomic mass is 9.99. The van der Waals surface area contributed by atoms with Crippen LogP contribution in [0.15, 0.2) is 24.3 Å². The molecule has 0 spiro atoms. The van der Waals surface area contributed by atoms with Crippen LogP contribution in [-0.4, -0.2) is 55.0 Å². The molecule has 3 aromatic rings. The fraction of sp³-hybridized carbons (Fsp3) is 0.571. The Balaban J connectivity index is 1.61. The fourth-order valence-corrected chi connectivity index (χ4v) is 5.41. The topological polar surface area (TPSA) is 45.9 Å². The number of nitrogens with zero attached hydrogens (tertiary/aromatic N) is 5. The van der Waals surface area contributed by atoms with E-state index >= 15 is 0 Å². The van der Waals surface area contributed by atoms with E-state index in [4.69, 9.17) is 14.8 Å². The van der Waals surface area contributed by atoms with Crippen LogP contribution in [0.2, 0.25) is 0 Å². The summed E-state index contributed by atoms with van der Waals surface area (Å²) in [6.07, 6.45) is 5.98. The van der Waals surface area contributed by atoms with Gasteiger partial charge in [-0.05, 0) is 81.5 Å². The average molecular weight is 462 g/mol. The van der Waals surface area contributed by atoms with Crippen LogP contribution < -0.4 is 9.80 Å². The highest BCUT2D eigenvalue weighted by Crippen LogP contribution is 2.38. The van der Waals surface area contributed by atoms with E-state index in [0.717, 1.165) is 68.7 Å². The van der Waals surface area contributed by atoms with E-state index < -0.39 is 0 Å². The molecule has 2 aliphatic rings. The Labute approximate surface area is 203 Å². The number of aromatic nitrogens is 3. The van der Waals surface area contributed by atoms with Crippen LogP contribution in [0.1, 0.15) is 49.6 Å². The van der Waals surface area contributed by atoms with Gasteiger partial charge in [0.25, 0.3) is 0 Å². The van der Waals surface area contributed by atoms with Crippen LogP contribution in [0.4, 0.5) is 11.5 Å². The van der Waals surface area contributed by atoms with Crippen LogP contribution in [-0.2, 0) is 11.2 Å². The Morgan fingerprint density at radius 2 is 1.74 bits per heavy atom. The van der Waals surface area contributed by atoms with E-state index in [0.29, 0.717) is 5.92 Å². The number of aryl methyl sites for hydroxylation is 3. The molecule has 0 N–H and O–H groups in total. The average Bonchev–Trinajstić information content (AvgIpc) is 3.55. The predicted octanol–water partition coefficient (Wildman–Crippen LogP) is 5.28. The molecule has 0 aromatic carbocycles. The van der Waals surface area contributed by atoms with Crippen molar-refractivity contribution >= 4 is 17.0 Å². The quantitative estimate of drug-likeness (QED) is 0.456. The highest BCUT2D eigenvalue weighted by molar-refractivity contribution is 5.80. The zero-order valence-corrected chi connectivity index (χ0v) is 21.5. The Bertz CT molecular complexity index is 1130. The third-order valence-electron chi connectivity index (χ3n) is 7.45. The number of hydrogen-bond donors (Lipinski definition) is 0. The number of rotatable bonds is 8. The molecule has 34 heavy (non-hydrogen) atoms. The molecule has 5 rings (SSSR count). The van der Waals surface area contributed by atoms with E-state index in [1.54, 1.807) is 0 Å². The van der Waals surface area contributed by atoms with Gasteiger partial charge in [0.2, 0.25) is 0 Å². The number of anilines is 2. The second-order valence-electron chi connectivity index (χ2n) is 10.4. The smallest absolute Gasteiger partial charge is 0.128 e. The molecule has 0 amide bonds. The summed E-state index contributed by atoms with van der Waals surface area (Å²) in [4.78, 5) is 9.63. The van der Waals surface area contributed by atoms with Crippen molar-refractivity contribution in [3.63, 3.8) is 0 Å². The van der Waals surface area contributed by atoms with Crippen LogP contribution >= 0.6 is 0 Å². The molecule has 2 fully saturated rings. The van der Waals surface area contributed by atoms with E-state index in [1.165, 1.54) is 40.9 Å². The van der Waals surface area contributed by atoms with Crippen molar-refractivity contribution in [2.75, 3.05) is 50.2 Å². The van der Waals surface area contributed by atoms with Gasteiger partial charge in [-0.25, -0.2) is 9.50 Å². The third kappa shape index (κ3) is 4.52. The number of fused-ring (bicyclic) bond motifs is 1. The van der Waals surface area contributed by atoms with Gasteiger partial charge in [-0.2, -0.15) is 5.10 Å². The minimum atomic E-state index is 0.697. The van der Waals surface area contributed by atoms with E-state index in [1.807, 2.05) is 14.1 Å². The summed E-state index contributed by atoms with van der Waals surface area (Å²) in [5, 5.41) is 5.20. The lowest BCUT2D eigenvalue weighted by molar-refractivity contribution is 0.0682. The van der Waals surface area contributed by atoms with Crippen molar-refractivity contribution in [3.05, 3.63) is 41.2 Å². The molecule has 1 saturated heterocycles. The molecule has 4 heterocycles. The summed E-state index contributed by atoms with van der Waals surface area (Å²) in [7, 11) is 4.09. The van der Waals surface area contributed by atoms with Gasteiger partial charge in [0.05, 0.1) is 22.6 Å². The van der Waals surface area contributed by atoms with Crippen molar-refractivity contribution in [2.24, 2.45) is 11.8 Å². The first kappa shape index (κ1) is 23.2. The molecule has 0 bridgehead atoms. The van der Waals surface area contributed by atoms with Gasteiger partial charge in [0.15, 0.2) is 0 Å². The molecule has 182 valence electrons. The Morgan fingerprint density at radius 3 is 2.35 bits per heavy atom. The van der Waals surface area contributed by atoms with Gasteiger partial charge in [0, 0.05) is 51.7 Å². The summed E-state index contributed by atoms with van der Waals surface area (Å²) < 4.78 is 7.83. The maximum absolute atomic E-state index is 5.65. The first-order valence-corrected chi connectivity index (χ1v) is 13.0. The third-order valence-corrected chi connectivity index (χ3v) is 7.45. The first-order chi connectivity index (χ1) is 16.5. The Kier molecular flexibility index (Phi) is 6.52. The standard InChI is InChI=1S/C28H39N5O/c1-6-23-28(32(17-21-10-11-21)18-22-12-14-34-15-13-22)25-9-7-8-24(33(25)30-23)27-19(2)16-26(31(4)5)29-20(27)3/h7-9,16,21-22H,6,10-15,17-18H2,1-5H3. The summed E-state index contributed by atoms with van der Waals surface area (Å²) in [5.41, 5.74) is 8.36. The van der Waals surface area contributed by atoms with Crippen LogP contribution in [0.5, 0.6) is 0 Å². The summed E-state index contributed by atoms with van der Waals surface area (Å²) in [5.74, 6) is 2.52. The monoisotopic (exact) mass is 461 g/mol. The zero-order valence-electron chi connectivity index (χ0n) is 21.5. The SMILES string of the molecule is CCc1nn2c(-c3c(C)cc(N(C)C)nc3C)cccc2c1N(CC1CCOCC1)CC1CC1.